The van der Waals surface area contributed by atoms with E-state index in [9.17, 15) is 9.90 Å². The van der Waals surface area contributed by atoms with Gasteiger partial charge in [0.05, 0.1) is 5.60 Å². The molecule has 1 saturated heterocycles. The van der Waals surface area contributed by atoms with Gasteiger partial charge in [0.1, 0.15) is 0 Å². The van der Waals surface area contributed by atoms with E-state index in [1.165, 1.54) is 5.56 Å². The number of likely N-dealkylation sites (tertiary alicyclic amines) is 1. The number of carbonyl (C=O) groups is 1. The maximum absolute atomic E-state index is 12.4. The van der Waals surface area contributed by atoms with Gasteiger partial charge < -0.3 is 20.1 Å². The summed E-state index contributed by atoms with van der Waals surface area (Å²) in [6.45, 7) is 5.74. The Bertz CT molecular complexity index is 535. The van der Waals surface area contributed by atoms with E-state index in [2.05, 4.69) is 18.3 Å². The molecule has 0 unspecified atom stereocenters. The van der Waals surface area contributed by atoms with Crippen LogP contribution in [0.1, 0.15) is 32.3 Å². The standard InChI is InChI=1S/C18H28N2O3/c1-4-15-6-5-7-16(12-15)19-17(21)20-10-8-18(22,9-11-23-3)14(2)13-20/h5-7,12,14,22H,4,8-11,13H2,1-3H3,(H,19,21)/t14-,18-/m1/s1. The minimum atomic E-state index is -0.741. The monoisotopic (exact) mass is 320 g/mol. The van der Waals surface area contributed by atoms with Crippen LogP contribution in [0.5, 0.6) is 0 Å². The van der Waals surface area contributed by atoms with Crippen LogP contribution >= 0.6 is 0 Å². The molecule has 1 heterocycles. The van der Waals surface area contributed by atoms with Crippen LogP contribution in [-0.2, 0) is 11.2 Å². The number of benzene rings is 1. The van der Waals surface area contributed by atoms with Crippen LogP contribution in [0.2, 0.25) is 0 Å². The van der Waals surface area contributed by atoms with Gasteiger partial charge in [-0.25, -0.2) is 4.79 Å². The number of hydrogen-bond donors (Lipinski definition) is 2. The fraction of sp³-hybridized carbons (Fsp3) is 0.611. The molecule has 0 aromatic heterocycles. The molecule has 5 heteroatoms. The first-order valence-electron chi connectivity index (χ1n) is 8.34. The van der Waals surface area contributed by atoms with Gasteiger partial charge in [0, 0.05) is 38.4 Å². The van der Waals surface area contributed by atoms with Crippen molar-refractivity contribution < 1.29 is 14.6 Å². The Morgan fingerprint density at radius 1 is 1.52 bits per heavy atom. The summed E-state index contributed by atoms with van der Waals surface area (Å²) >= 11 is 0. The van der Waals surface area contributed by atoms with Gasteiger partial charge in [-0.1, -0.05) is 26.0 Å². The second-order valence-electron chi connectivity index (χ2n) is 6.43. The lowest BCUT2D eigenvalue weighted by Crippen LogP contribution is -2.53. The molecule has 2 rings (SSSR count). The van der Waals surface area contributed by atoms with E-state index in [0.717, 1.165) is 12.1 Å². The summed E-state index contributed by atoms with van der Waals surface area (Å²) in [6.07, 6.45) is 2.13. The Morgan fingerprint density at radius 3 is 2.96 bits per heavy atom. The first-order chi connectivity index (χ1) is 11.0. The molecule has 0 spiro atoms. The number of urea groups is 1. The Hall–Kier alpha value is -1.59. The van der Waals surface area contributed by atoms with Gasteiger partial charge in [0.2, 0.25) is 0 Å². The number of carbonyl (C=O) groups excluding carboxylic acids is 1. The minimum absolute atomic E-state index is 0.0270. The quantitative estimate of drug-likeness (QED) is 0.877. The Labute approximate surface area is 138 Å². The lowest BCUT2D eigenvalue weighted by Gasteiger charge is -2.43. The van der Waals surface area contributed by atoms with Gasteiger partial charge in [0.25, 0.3) is 0 Å². The van der Waals surface area contributed by atoms with Gasteiger partial charge in [-0.3, -0.25) is 0 Å². The average Bonchev–Trinajstić information content (AvgIpc) is 2.56. The zero-order chi connectivity index (χ0) is 16.9. The Morgan fingerprint density at radius 2 is 2.30 bits per heavy atom. The summed E-state index contributed by atoms with van der Waals surface area (Å²) in [5, 5.41) is 13.6. The van der Waals surface area contributed by atoms with Gasteiger partial charge in [-0.2, -0.15) is 0 Å². The number of nitrogens with one attached hydrogen (secondary N) is 1. The first kappa shape index (κ1) is 17.8. The number of hydrogen-bond acceptors (Lipinski definition) is 3. The topological polar surface area (TPSA) is 61.8 Å². The Kier molecular flexibility index (Phi) is 6.02. The van der Waals surface area contributed by atoms with E-state index in [1.807, 2.05) is 25.1 Å². The highest BCUT2D eigenvalue weighted by Crippen LogP contribution is 2.31. The van der Waals surface area contributed by atoms with Crippen LogP contribution in [-0.4, -0.2) is 48.4 Å². The van der Waals surface area contributed by atoms with Crippen LogP contribution in [0.25, 0.3) is 0 Å². The number of nitrogens with zero attached hydrogens (tertiary/aromatic N) is 1. The number of aryl methyl sites for hydroxylation is 1. The van der Waals surface area contributed by atoms with Crippen molar-refractivity contribution in [2.24, 2.45) is 5.92 Å². The third-order valence-electron chi connectivity index (χ3n) is 4.84. The van der Waals surface area contributed by atoms with Crippen molar-refractivity contribution in [3.05, 3.63) is 29.8 Å². The van der Waals surface area contributed by atoms with Crippen molar-refractivity contribution in [1.29, 1.82) is 0 Å². The van der Waals surface area contributed by atoms with E-state index in [0.29, 0.717) is 32.5 Å². The van der Waals surface area contributed by atoms with Crippen molar-refractivity contribution in [2.45, 2.75) is 38.7 Å². The maximum atomic E-state index is 12.4. The number of ether oxygens (including phenoxy) is 1. The van der Waals surface area contributed by atoms with Crippen molar-refractivity contribution in [3.63, 3.8) is 0 Å². The summed E-state index contributed by atoms with van der Waals surface area (Å²) in [4.78, 5) is 14.2. The van der Waals surface area contributed by atoms with Crippen LogP contribution in [0.15, 0.2) is 24.3 Å². The highest BCUT2D eigenvalue weighted by atomic mass is 16.5. The molecule has 1 fully saturated rings. The third kappa shape index (κ3) is 4.45. The molecule has 0 radical (unpaired) electrons. The SMILES string of the molecule is CCc1cccc(NC(=O)N2CC[C@@](O)(CCOC)[C@H](C)C2)c1. The fourth-order valence-corrected chi connectivity index (χ4v) is 3.07. The molecular formula is C18H28N2O3. The number of aliphatic hydroxyl groups is 1. The molecule has 1 aliphatic rings. The van der Waals surface area contributed by atoms with Crippen molar-refractivity contribution in [2.75, 3.05) is 32.1 Å². The molecule has 2 atom stereocenters. The molecule has 0 saturated carbocycles. The van der Waals surface area contributed by atoms with Crippen LogP contribution in [0.4, 0.5) is 10.5 Å². The molecule has 0 aliphatic carbocycles. The minimum Gasteiger partial charge on any atom is -0.389 e. The number of anilines is 1. The Balaban J connectivity index is 1.94. The van der Waals surface area contributed by atoms with Gasteiger partial charge in [-0.05, 0) is 37.0 Å². The van der Waals surface area contributed by atoms with Crippen molar-refractivity contribution in [3.8, 4) is 0 Å². The number of piperidine rings is 1. The van der Waals surface area contributed by atoms with Crippen LogP contribution in [0, 0.1) is 5.92 Å². The van der Waals surface area contributed by atoms with Gasteiger partial charge >= 0.3 is 6.03 Å². The lowest BCUT2D eigenvalue weighted by molar-refractivity contribution is -0.0725. The summed E-state index contributed by atoms with van der Waals surface area (Å²) < 4.78 is 5.08. The van der Waals surface area contributed by atoms with E-state index in [-0.39, 0.29) is 11.9 Å². The maximum Gasteiger partial charge on any atom is 0.321 e. The predicted octanol–water partition coefficient (Wildman–Crippen LogP) is 2.89. The summed E-state index contributed by atoms with van der Waals surface area (Å²) in [7, 11) is 1.64. The average molecular weight is 320 g/mol. The lowest BCUT2D eigenvalue weighted by atomic mass is 9.80. The number of amides is 2. The largest absolute Gasteiger partial charge is 0.389 e. The second-order valence-corrected chi connectivity index (χ2v) is 6.43. The molecule has 1 aromatic carbocycles. The first-order valence-corrected chi connectivity index (χ1v) is 8.34. The second kappa shape index (κ2) is 7.79. The highest BCUT2D eigenvalue weighted by molar-refractivity contribution is 5.89. The third-order valence-corrected chi connectivity index (χ3v) is 4.84. The normalized spacial score (nSPS) is 24.5. The van der Waals surface area contributed by atoms with Crippen molar-refractivity contribution >= 4 is 11.7 Å². The van der Waals surface area contributed by atoms with Crippen LogP contribution in [0.3, 0.4) is 0 Å². The number of methoxy groups -OCH3 is 1. The summed E-state index contributed by atoms with van der Waals surface area (Å²) in [5.41, 5.74) is 1.28. The van der Waals surface area contributed by atoms with Crippen LogP contribution < -0.4 is 5.32 Å². The molecule has 128 valence electrons. The molecule has 0 bridgehead atoms. The summed E-state index contributed by atoms with van der Waals surface area (Å²) in [5.74, 6) is 0.0270. The smallest absolute Gasteiger partial charge is 0.321 e. The molecule has 5 nitrogen and oxygen atoms in total. The summed E-state index contributed by atoms with van der Waals surface area (Å²) in [6, 6.07) is 7.81. The predicted molar refractivity (Wildman–Crippen MR) is 91.6 cm³/mol. The van der Waals surface area contributed by atoms with E-state index in [4.69, 9.17) is 4.74 Å². The van der Waals surface area contributed by atoms with Gasteiger partial charge in [0.15, 0.2) is 0 Å². The zero-order valence-electron chi connectivity index (χ0n) is 14.3. The molecule has 2 N–H and O–H groups in total. The van der Waals surface area contributed by atoms with E-state index >= 15 is 0 Å². The molecule has 1 aliphatic heterocycles. The number of rotatable bonds is 5. The van der Waals surface area contributed by atoms with E-state index < -0.39 is 5.60 Å². The molecule has 23 heavy (non-hydrogen) atoms. The molecule has 1 aromatic rings. The molecular weight excluding hydrogens is 292 g/mol. The van der Waals surface area contributed by atoms with Gasteiger partial charge in [-0.15, -0.1) is 0 Å². The fourth-order valence-electron chi connectivity index (χ4n) is 3.07. The zero-order valence-corrected chi connectivity index (χ0v) is 14.3. The van der Waals surface area contributed by atoms with Crippen molar-refractivity contribution in [1.82, 2.24) is 4.90 Å². The molecule has 2 amide bonds. The highest BCUT2D eigenvalue weighted by Gasteiger charge is 2.39. The van der Waals surface area contributed by atoms with E-state index in [1.54, 1.807) is 12.0 Å².